The molecule has 0 aromatic heterocycles. The van der Waals surface area contributed by atoms with Crippen molar-refractivity contribution in [3.63, 3.8) is 0 Å². The van der Waals surface area contributed by atoms with Gasteiger partial charge in [0.25, 0.3) is 0 Å². The molecule has 0 radical (unpaired) electrons. The maximum absolute atomic E-state index is 5.83. The van der Waals surface area contributed by atoms with Crippen molar-refractivity contribution in [1.82, 2.24) is 4.90 Å². The van der Waals surface area contributed by atoms with Crippen LogP contribution in [-0.4, -0.2) is 39.2 Å². The number of ether oxygens (including phenoxy) is 1. The van der Waals surface area contributed by atoms with Crippen molar-refractivity contribution in [3.8, 4) is 5.75 Å². The van der Waals surface area contributed by atoms with Crippen molar-refractivity contribution >= 4 is 0 Å². The van der Waals surface area contributed by atoms with E-state index in [2.05, 4.69) is 31.1 Å². The first-order valence-corrected chi connectivity index (χ1v) is 6.13. The van der Waals surface area contributed by atoms with Crippen LogP contribution in [0.4, 0.5) is 0 Å². The van der Waals surface area contributed by atoms with Gasteiger partial charge in [-0.25, -0.2) is 0 Å². The molecule has 3 heteroatoms. The van der Waals surface area contributed by atoms with Crippen molar-refractivity contribution in [2.75, 3.05) is 34.3 Å². The predicted octanol–water partition coefficient (Wildman–Crippen LogP) is 1.76. The number of methoxy groups -OCH3 is 1. The second kappa shape index (κ2) is 7.30. The number of nitrogens with two attached hydrogens (primary N) is 1. The highest BCUT2D eigenvalue weighted by molar-refractivity contribution is 5.28. The van der Waals surface area contributed by atoms with E-state index in [4.69, 9.17) is 10.5 Å². The molecule has 0 heterocycles. The van der Waals surface area contributed by atoms with E-state index in [1.54, 1.807) is 7.11 Å². The first-order valence-electron chi connectivity index (χ1n) is 6.13. The minimum Gasteiger partial charge on any atom is -0.497 e. The van der Waals surface area contributed by atoms with Gasteiger partial charge in [0.15, 0.2) is 0 Å². The first kappa shape index (κ1) is 14.0. The average molecular weight is 236 g/mol. The molecule has 3 nitrogen and oxygen atoms in total. The largest absolute Gasteiger partial charge is 0.497 e. The highest BCUT2D eigenvalue weighted by Crippen LogP contribution is 2.17. The Bertz CT molecular complexity index is 326. The number of hydrogen-bond donors (Lipinski definition) is 1. The Morgan fingerprint density at radius 1 is 1.35 bits per heavy atom. The van der Waals surface area contributed by atoms with Crippen LogP contribution in [0.25, 0.3) is 0 Å². The summed E-state index contributed by atoms with van der Waals surface area (Å²) >= 11 is 0. The van der Waals surface area contributed by atoms with Crippen LogP contribution in [0, 0.1) is 5.92 Å². The smallest absolute Gasteiger partial charge is 0.119 e. The summed E-state index contributed by atoms with van der Waals surface area (Å²) in [5.41, 5.74) is 7.13. The van der Waals surface area contributed by atoms with Gasteiger partial charge in [-0.05, 0) is 63.6 Å². The van der Waals surface area contributed by atoms with Crippen molar-refractivity contribution < 1.29 is 4.74 Å². The molecule has 1 rings (SSSR count). The Balaban J connectivity index is 2.54. The lowest BCUT2D eigenvalue weighted by Gasteiger charge is -2.18. The lowest BCUT2D eigenvalue weighted by atomic mass is 9.96. The lowest BCUT2D eigenvalue weighted by Crippen LogP contribution is -2.23. The zero-order valence-corrected chi connectivity index (χ0v) is 11.1. The molecular formula is C14H24N2O. The van der Waals surface area contributed by atoms with Crippen molar-refractivity contribution in [2.45, 2.75) is 12.8 Å². The fourth-order valence-electron chi connectivity index (χ4n) is 1.88. The van der Waals surface area contributed by atoms with Crippen LogP contribution in [-0.2, 0) is 6.42 Å². The van der Waals surface area contributed by atoms with E-state index in [9.17, 15) is 0 Å². The zero-order valence-electron chi connectivity index (χ0n) is 11.1. The Morgan fingerprint density at radius 2 is 2.12 bits per heavy atom. The summed E-state index contributed by atoms with van der Waals surface area (Å²) in [6.07, 6.45) is 2.17. The summed E-state index contributed by atoms with van der Waals surface area (Å²) in [5, 5.41) is 0. The van der Waals surface area contributed by atoms with Crippen molar-refractivity contribution in [3.05, 3.63) is 29.8 Å². The Hall–Kier alpha value is -1.06. The number of hydrogen-bond acceptors (Lipinski definition) is 3. The van der Waals surface area contributed by atoms with Gasteiger partial charge in [-0.3, -0.25) is 0 Å². The average Bonchev–Trinajstić information content (AvgIpc) is 2.34. The third kappa shape index (κ3) is 5.20. The monoisotopic (exact) mass is 236 g/mol. The molecule has 2 N–H and O–H groups in total. The fourth-order valence-corrected chi connectivity index (χ4v) is 1.88. The standard InChI is InChI=1S/C14H24N2O/c1-16(2)8-7-13(11-15)9-12-5-4-6-14(10-12)17-3/h4-6,10,13H,7-9,11,15H2,1-3H3. The second-order valence-corrected chi connectivity index (χ2v) is 4.75. The van der Waals surface area contributed by atoms with Gasteiger partial charge in [-0.15, -0.1) is 0 Å². The first-order chi connectivity index (χ1) is 8.15. The van der Waals surface area contributed by atoms with Crippen LogP contribution >= 0.6 is 0 Å². The molecule has 0 spiro atoms. The predicted molar refractivity (Wildman–Crippen MR) is 72.4 cm³/mol. The molecule has 1 aromatic rings. The van der Waals surface area contributed by atoms with Crippen molar-refractivity contribution in [1.29, 1.82) is 0 Å². The van der Waals surface area contributed by atoms with E-state index >= 15 is 0 Å². The van der Waals surface area contributed by atoms with Crippen LogP contribution in [0.15, 0.2) is 24.3 Å². The van der Waals surface area contributed by atoms with Crippen LogP contribution in [0.2, 0.25) is 0 Å². The molecule has 0 saturated heterocycles. The topological polar surface area (TPSA) is 38.5 Å². The van der Waals surface area contributed by atoms with Crippen LogP contribution in [0.3, 0.4) is 0 Å². The molecule has 96 valence electrons. The highest BCUT2D eigenvalue weighted by Gasteiger charge is 2.08. The van der Waals surface area contributed by atoms with Crippen LogP contribution in [0.5, 0.6) is 5.75 Å². The van der Waals surface area contributed by atoms with Gasteiger partial charge in [0.05, 0.1) is 7.11 Å². The van der Waals surface area contributed by atoms with Crippen LogP contribution < -0.4 is 10.5 Å². The molecule has 0 saturated carbocycles. The van der Waals surface area contributed by atoms with Crippen LogP contribution in [0.1, 0.15) is 12.0 Å². The van der Waals surface area contributed by atoms with Gasteiger partial charge in [0.2, 0.25) is 0 Å². The molecule has 1 aromatic carbocycles. The lowest BCUT2D eigenvalue weighted by molar-refractivity contribution is 0.351. The SMILES string of the molecule is COc1cccc(CC(CN)CCN(C)C)c1. The Morgan fingerprint density at radius 3 is 2.71 bits per heavy atom. The highest BCUT2D eigenvalue weighted by atomic mass is 16.5. The molecule has 0 aliphatic heterocycles. The fraction of sp³-hybridized carbons (Fsp3) is 0.571. The molecule has 0 amide bonds. The Kier molecular flexibility index (Phi) is 6.01. The molecule has 17 heavy (non-hydrogen) atoms. The maximum atomic E-state index is 5.83. The maximum Gasteiger partial charge on any atom is 0.119 e. The summed E-state index contributed by atoms with van der Waals surface area (Å²) in [6, 6.07) is 8.24. The third-order valence-electron chi connectivity index (χ3n) is 2.98. The van der Waals surface area contributed by atoms with Gasteiger partial charge in [0.1, 0.15) is 5.75 Å². The minimum atomic E-state index is 0.546. The van der Waals surface area contributed by atoms with Gasteiger partial charge < -0.3 is 15.4 Å². The molecular weight excluding hydrogens is 212 g/mol. The zero-order chi connectivity index (χ0) is 12.7. The van der Waals surface area contributed by atoms with E-state index < -0.39 is 0 Å². The number of nitrogens with zero attached hydrogens (tertiary/aromatic N) is 1. The van der Waals surface area contributed by atoms with E-state index in [1.807, 2.05) is 12.1 Å². The quantitative estimate of drug-likeness (QED) is 0.784. The molecule has 1 atom stereocenters. The summed E-state index contributed by atoms with van der Waals surface area (Å²) in [5.74, 6) is 1.47. The van der Waals surface area contributed by atoms with Gasteiger partial charge >= 0.3 is 0 Å². The normalized spacial score (nSPS) is 12.8. The summed E-state index contributed by atoms with van der Waals surface area (Å²) in [7, 11) is 5.89. The molecule has 1 unspecified atom stereocenters. The number of rotatable bonds is 7. The third-order valence-corrected chi connectivity index (χ3v) is 2.98. The molecule has 0 fully saturated rings. The van der Waals surface area contributed by atoms with E-state index in [0.29, 0.717) is 5.92 Å². The summed E-state index contributed by atoms with van der Waals surface area (Å²) in [6.45, 7) is 1.83. The van der Waals surface area contributed by atoms with Gasteiger partial charge in [0, 0.05) is 0 Å². The van der Waals surface area contributed by atoms with E-state index in [0.717, 1.165) is 31.7 Å². The Labute approximate surface area is 105 Å². The molecule has 0 aliphatic rings. The number of benzene rings is 1. The summed E-state index contributed by atoms with van der Waals surface area (Å²) in [4.78, 5) is 2.20. The van der Waals surface area contributed by atoms with Gasteiger partial charge in [-0.2, -0.15) is 0 Å². The minimum absolute atomic E-state index is 0.546. The molecule has 0 aliphatic carbocycles. The summed E-state index contributed by atoms with van der Waals surface area (Å²) < 4.78 is 5.23. The molecule has 0 bridgehead atoms. The van der Waals surface area contributed by atoms with Crippen molar-refractivity contribution in [2.24, 2.45) is 11.7 Å². The van der Waals surface area contributed by atoms with E-state index in [1.165, 1.54) is 5.56 Å². The second-order valence-electron chi connectivity index (χ2n) is 4.75. The van der Waals surface area contributed by atoms with E-state index in [-0.39, 0.29) is 0 Å². The van der Waals surface area contributed by atoms with Gasteiger partial charge in [-0.1, -0.05) is 12.1 Å².